The highest BCUT2D eigenvalue weighted by molar-refractivity contribution is 5.99. The second kappa shape index (κ2) is 6.48. The molecule has 0 saturated carbocycles. The van der Waals surface area contributed by atoms with E-state index in [2.05, 4.69) is 26.8 Å². The summed E-state index contributed by atoms with van der Waals surface area (Å²) in [6, 6.07) is 8.97. The lowest BCUT2D eigenvalue weighted by Crippen LogP contribution is -2.16. The third kappa shape index (κ3) is 3.35. The van der Waals surface area contributed by atoms with Gasteiger partial charge in [-0.2, -0.15) is 0 Å². The number of hydrogen-bond donors (Lipinski definition) is 2. The number of rotatable bonds is 4. The molecule has 0 aliphatic rings. The molecule has 0 bridgehead atoms. The number of aryl methyl sites for hydroxylation is 1. The first-order valence-corrected chi connectivity index (χ1v) is 7.46. The number of anilines is 1. The summed E-state index contributed by atoms with van der Waals surface area (Å²) in [6.07, 6.45) is 2.79. The number of carbonyl (C=O) groups excluding carboxylic acids is 2. The van der Waals surface area contributed by atoms with Crippen LogP contribution < -0.4 is 11.1 Å². The van der Waals surface area contributed by atoms with E-state index < -0.39 is 5.91 Å². The SMILES string of the molecule is C=CC(=O)Nc1ccnc(-c2ccc3c(C)nc(C(N)=O)nc3c2)c1. The van der Waals surface area contributed by atoms with Crippen LogP contribution in [0.1, 0.15) is 16.3 Å². The van der Waals surface area contributed by atoms with Crippen LogP contribution in [0.25, 0.3) is 22.2 Å². The molecule has 2 aromatic heterocycles. The van der Waals surface area contributed by atoms with Crippen molar-refractivity contribution >= 4 is 28.4 Å². The number of hydrogen-bond acceptors (Lipinski definition) is 5. The normalized spacial score (nSPS) is 10.4. The van der Waals surface area contributed by atoms with Gasteiger partial charge in [-0.3, -0.25) is 14.6 Å². The topological polar surface area (TPSA) is 111 Å². The number of benzene rings is 1. The van der Waals surface area contributed by atoms with E-state index in [-0.39, 0.29) is 11.7 Å². The summed E-state index contributed by atoms with van der Waals surface area (Å²) in [4.78, 5) is 35.4. The molecule has 1 aromatic carbocycles. The van der Waals surface area contributed by atoms with E-state index in [0.717, 1.165) is 10.9 Å². The van der Waals surface area contributed by atoms with Gasteiger partial charge in [-0.05, 0) is 31.2 Å². The maximum Gasteiger partial charge on any atom is 0.286 e. The van der Waals surface area contributed by atoms with E-state index in [1.165, 1.54) is 6.08 Å². The maximum absolute atomic E-state index is 11.4. The first-order chi connectivity index (χ1) is 12.0. The van der Waals surface area contributed by atoms with Crippen molar-refractivity contribution in [1.82, 2.24) is 15.0 Å². The molecule has 3 aromatic rings. The highest BCUT2D eigenvalue weighted by atomic mass is 16.2. The number of primary amides is 1. The average Bonchev–Trinajstić information content (AvgIpc) is 2.61. The number of carbonyl (C=O) groups is 2. The monoisotopic (exact) mass is 333 g/mol. The highest BCUT2D eigenvalue weighted by Crippen LogP contribution is 2.25. The number of amides is 2. The minimum Gasteiger partial charge on any atom is -0.363 e. The number of nitrogens with two attached hydrogens (primary N) is 1. The van der Waals surface area contributed by atoms with Crippen molar-refractivity contribution in [2.45, 2.75) is 6.92 Å². The smallest absolute Gasteiger partial charge is 0.286 e. The largest absolute Gasteiger partial charge is 0.363 e. The predicted octanol–water partition coefficient (Wildman–Crippen LogP) is 2.22. The summed E-state index contributed by atoms with van der Waals surface area (Å²) in [6.45, 7) is 5.21. The van der Waals surface area contributed by atoms with Crippen LogP contribution in [0.5, 0.6) is 0 Å². The number of aromatic nitrogens is 3. The van der Waals surface area contributed by atoms with Crippen molar-refractivity contribution in [2.24, 2.45) is 5.73 Å². The summed E-state index contributed by atoms with van der Waals surface area (Å²) in [5.74, 6) is -1.00. The fraction of sp³-hybridized carbons (Fsp3) is 0.0556. The Kier molecular flexibility index (Phi) is 4.21. The van der Waals surface area contributed by atoms with Crippen LogP contribution in [0.2, 0.25) is 0 Å². The van der Waals surface area contributed by atoms with E-state index in [9.17, 15) is 9.59 Å². The summed E-state index contributed by atoms with van der Waals surface area (Å²) in [5.41, 5.74) is 8.59. The summed E-state index contributed by atoms with van der Waals surface area (Å²) >= 11 is 0. The number of pyridine rings is 1. The first-order valence-electron chi connectivity index (χ1n) is 7.46. The molecule has 7 heteroatoms. The summed E-state index contributed by atoms with van der Waals surface area (Å²) in [7, 11) is 0. The summed E-state index contributed by atoms with van der Waals surface area (Å²) in [5, 5.41) is 3.51. The molecule has 2 amide bonds. The standard InChI is InChI=1S/C18H15N5O2/c1-3-16(24)22-12-6-7-20-14(9-12)11-4-5-13-10(2)21-18(17(19)25)23-15(13)8-11/h3-9H,1H2,2H3,(H2,19,25)(H,20,22,24). The minimum absolute atomic E-state index is 0.0258. The third-order valence-corrected chi connectivity index (χ3v) is 3.62. The van der Waals surface area contributed by atoms with E-state index in [1.807, 2.05) is 12.1 Å². The predicted molar refractivity (Wildman–Crippen MR) is 94.9 cm³/mol. The van der Waals surface area contributed by atoms with Crippen LogP contribution in [-0.2, 0) is 4.79 Å². The molecule has 3 rings (SSSR count). The van der Waals surface area contributed by atoms with Gasteiger partial charge in [0.15, 0.2) is 0 Å². The van der Waals surface area contributed by atoms with E-state index in [4.69, 9.17) is 5.73 Å². The van der Waals surface area contributed by atoms with Crippen molar-refractivity contribution in [3.63, 3.8) is 0 Å². The third-order valence-electron chi connectivity index (χ3n) is 3.62. The molecule has 2 heterocycles. The van der Waals surface area contributed by atoms with Crippen molar-refractivity contribution in [1.29, 1.82) is 0 Å². The Bertz CT molecular complexity index is 1010. The maximum atomic E-state index is 11.4. The van der Waals surface area contributed by atoms with E-state index >= 15 is 0 Å². The molecule has 0 atom stereocenters. The Balaban J connectivity index is 2.07. The van der Waals surface area contributed by atoms with Crippen LogP contribution in [0, 0.1) is 6.92 Å². The average molecular weight is 333 g/mol. The Hall–Kier alpha value is -3.61. The fourth-order valence-corrected chi connectivity index (χ4v) is 2.42. The molecular formula is C18H15N5O2. The summed E-state index contributed by atoms with van der Waals surface area (Å²) < 4.78 is 0. The number of nitrogens with one attached hydrogen (secondary N) is 1. The van der Waals surface area contributed by atoms with E-state index in [1.54, 1.807) is 31.3 Å². The van der Waals surface area contributed by atoms with Crippen molar-refractivity contribution < 1.29 is 9.59 Å². The quantitative estimate of drug-likeness (QED) is 0.711. The zero-order valence-electron chi connectivity index (χ0n) is 13.5. The Morgan fingerprint density at radius 3 is 2.72 bits per heavy atom. The van der Waals surface area contributed by atoms with E-state index in [0.29, 0.717) is 22.6 Å². The first kappa shape index (κ1) is 16.3. The zero-order valence-corrected chi connectivity index (χ0v) is 13.5. The van der Waals surface area contributed by atoms with Gasteiger partial charge in [0, 0.05) is 28.5 Å². The van der Waals surface area contributed by atoms with Crippen molar-refractivity contribution in [3.05, 3.63) is 60.7 Å². The van der Waals surface area contributed by atoms with Gasteiger partial charge >= 0.3 is 0 Å². The Labute approximate surface area is 143 Å². The lowest BCUT2D eigenvalue weighted by Gasteiger charge is -2.08. The number of fused-ring (bicyclic) bond motifs is 1. The zero-order chi connectivity index (χ0) is 18.0. The van der Waals surface area contributed by atoms with Gasteiger partial charge in [-0.1, -0.05) is 18.7 Å². The molecule has 0 spiro atoms. The molecule has 0 aliphatic carbocycles. The Morgan fingerprint density at radius 2 is 2.00 bits per heavy atom. The number of nitrogens with zero attached hydrogens (tertiary/aromatic N) is 3. The lowest BCUT2D eigenvalue weighted by molar-refractivity contribution is -0.111. The molecule has 7 nitrogen and oxygen atoms in total. The molecule has 25 heavy (non-hydrogen) atoms. The highest BCUT2D eigenvalue weighted by Gasteiger charge is 2.11. The van der Waals surface area contributed by atoms with Gasteiger partial charge in [-0.25, -0.2) is 9.97 Å². The van der Waals surface area contributed by atoms with Gasteiger partial charge in [-0.15, -0.1) is 0 Å². The molecule has 0 saturated heterocycles. The fourth-order valence-electron chi connectivity index (χ4n) is 2.42. The van der Waals surface area contributed by atoms with Crippen LogP contribution in [0.15, 0.2) is 49.2 Å². The Morgan fingerprint density at radius 1 is 1.20 bits per heavy atom. The second-order valence-corrected chi connectivity index (χ2v) is 5.35. The van der Waals surface area contributed by atoms with Gasteiger partial charge < -0.3 is 11.1 Å². The molecule has 0 aliphatic heterocycles. The van der Waals surface area contributed by atoms with Gasteiger partial charge in [0.05, 0.1) is 11.2 Å². The van der Waals surface area contributed by atoms with Crippen molar-refractivity contribution in [2.75, 3.05) is 5.32 Å². The van der Waals surface area contributed by atoms with Crippen LogP contribution in [0.4, 0.5) is 5.69 Å². The molecule has 3 N–H and O–H groups in total. The van der Waals surface area contributed by atoms with Crippen LogP contribution in [0.3, 0.4) is 0 Å². The van der Waals surface area contributed by atoms with Crippen LogP contribution >= 0.6 is 0 Å². The van der Waals surface area contributed by atoms with Gasteiger partial charge in [0.2, 0.25) is 11.7 Å². The van der Waals surface area contributed by atoms with Gasteiger partial charge in [0.25, 0.3) is 5.91 Å². The van der Waals surface area contributed by atoms with Crippen molar-refractivity contribution in [3.8, 4) is 11.3 Å². The molecule has 124 valence electrons. The minimum atomic E-state index is -0.678. The lowest BCUT2D eigenvalue weighted by atomic mass is 10.1. The molecular weight excluding hydrogens is 318 g/mol. The molecule has 0 radical (unpaired) electrons. The van der Waals surface area contributed by atoms with Crippen LogP contribution in [-0.4, -0.2) is 26.8 Å². The molecule has 0 unspecified atom stereocenters. The second-order valence-electron chi connectivity index (χ2n) is 5.35. The van der Waals surface area contributed by atoms with Gasteiger partial charge in [0.1, 0.15) is 0 Å². The molecule has 0 fully saturated rings.